The van der Waals surface area contributed by atoms with Crippen molar-refractivity contribution in [1.29, 1.82) is 0 Å². The summed E-state index contributed by atoms with van der Waals surface area (Å²) in [6.45, 7) is 8.04. The Morgan fingerprint density at radius 3 is 2.62 bits per heavy atom. The van der Waals surface area contributed by atoms with Crippen LogP contribution in [0.5, 0.6) is 0 Å². The number of hydrogen-bond donors (Lipinski definition) is 1. The largest absolute Gasteiger partial charge is 0.469 e. The molecule has 24 heavy (non-hydrogen) atoms. The van der Waals surface area contributed by atoms with Gasteiger partial charge in [-0.3, -0.25) is 4.79 Å². The average molecular weight is 329 g/mol. The molecule has 128 valence electrons. The molecule has 1 N–H and O–H groups in total. The number of carbonyl (C=O) groups excluding carboxylic acids is 1. The number of rotatable bonds is 4. The molecule has 0 spiro atoms. The van der Waals surface area contributed by atoms with Crippen LogP contribution in [0.2, 0.25) is 0 Å². The molecule has 1 amide bonds. The number of morpholine rings is 1. The van der Waals surface area contributed by atoms with Gasteiger partial charge in [-0.2, -0.15) is 0 Å². The van der Waals surface area contributed by atoms with Crippen LogP contribution in [0.1, 0.15) is 35.5 Å². The number of carbonyl (C=O) groups is 1. The van der Waals surface area contributed by atoms with Gasteiger partial charge in [-0.1, -0.05) is 6.07 Å². The molecule has 0 aromatic carbocycles. The second-order valence-electron chi connectivity index (χ2n) is 6.26. The van der Waals surface area contributed by atoms with Crippen LogP contribution >= 0.6 is 0 Å². The summed E-state index contributed by atoms with van der Waals surface area (Å²) in [6, 6.07) is 5.66. The second kappa shape index (κ2) is 7.05. The number of furan rings is 1. The van der Waals surface area contributed by atoms with E-state index in [1.807, 2.05) is 18.3 Å². The summed E-state index contributed by atoms with van der Waals surface area (Å²) in [7, 11) is 0. The zero-order valence-electron chi connectivity index (χ0n) is 14.3. The Kier molecular flexibility index (Phi) is 4.85. The lowest BCUT2D eigenvalue weighted by Crippen LogP contribution is -2.45. The van der Waals surface area contributed by atoms with E-state index in [0.717, 1.165) is 24.5 Å². The van der Waals surface area contributed by atoms with Gasteiger partial charge in [0.25, 0.3) is 5.91 Å². The first-order valence-electron chi connectivity index (χ1n) is 8.20. The molecule has 0 radical (unpaired) electrons. The number of hydrogen-bond acceptors (Lipinski definition) is 5. The fourth-order valence-electron chi connectivity index (χ4n) is 2.97. The van der Waals surface area contributed by atoms with Crippen LogP contribution in [0.4, 0.5) is 5.82 Å². The van der Waals surface area contributed by atoms with E-state index in [9.17, 15) is 4.79 Å². The molecule has 3 rings (SSSR count). The van der Waals surface area contributed by atoms with E-state index >= 15 is 0 Å². The van der Waals surface area contributed by atoms with Crippen LogP contribution in [0.3, 0.4) is 0 Å². The van der Waals surface area contributed by atoms with Crippen LogP contribution in [0.25, 0.3) is 0 Å². The molecule has 1 aliphatic heterocycles. The Balaban J connectivity index is 1.58. The normalized spacial score (nSPS) is 20.9. The molecule has 0 aliphatic carbocycles. The van der Waals surface area contributed by atoms with Gasteiger partial charge in [-0.15, -0.1) is 0 Å². The van der Waals surface area contributed by atoms with Gasteiger partial charge in [0.05, 0.1) is 24.0 Å². The second-order valence-corrected chi connectivity index (χ2v) is 6.26. The highest BCUT2D eigenvalue weighted by molar-refractivity contribution is 5.94. The maximum Gasteiger partial charge on any atom is 0.255 e. The summed E-state index contributed by atoms with van der Waals surface area (Å²) in [5.41, 5.74) is 1.53. The Bertz CT molecular complexity index is 686. The van der Waals surface area contributed by atoms with Gasteiger partial charge < -0.3 is 19.4 Å². The Morgan fingerprint density at radius 1 is 1.29 bits per heavy atom. The quantitative estimate of drug-likeness (QED) is 0.933. The molecular weight excluding hydrogens is 306 g/mol. The van der Waals surface area contributed by atoms with Gasteiger partial charge in [0.1, 0.15) is 11.6 Å². The number of nitrogens with zero attached hydrogens (tertiary/aromatic N) is 2. The van der Waals surface area contributed by atoms with Gasteiger partial charge in [-0.05, 0) is 38.5 Å². The smallest absolute Gasteiger partial charge is 0.255 e. The predicted molar refractivity (Wildman–Crippen MR) is 91.1 cm³/mol. The molecule has 0 bridgehead atoms. The van der Waals surface area contributed by atoms with Crippen molar-refractivity contribution in [3.63, 3.8) is 0 Å². The van der Waals surface area contributed by atoms with Crippen LogP contribution < -0.4 is 10.2 Å². The summed E-state index contributed by atoms with van der Waals surface area (Å²) in [6.07, 6.45) is 3.73. The van der Waals surface area contributed by atoms with Gasteiger partial charge in [-0.25, -0.2) is 4.98 Å². The van der Waals surface area contributed by atoms with Gasteiger partial charge in [0.15, 0.2) is 0 Å². The molecule has 3 heterocycles. The van der Waals surface area contributed by atoms with Crippen molar-refractivity contribution in [3.8, 4) is 0 Å². The third-order valence-corrected chi connectivity index (χ3v) is 4.11. The van der Waals surface area contributed by atoms with E-state index in [0.29, 0.717) is 17.9 Å². The first-order chi connectivity index (χ1) is 11.5. The van der Waals surface area contributed by atoms with E-state index < -0.39 is 0 Å². The fourth-order valence-corrected chi connectivity index (χ4v) is 2.97. The molecule has 1 fully saturated rings. The zero-order chi connectivity index (χ0) is 17.1. The summed E-state index contributed by atoms with van der Waals surface area (Å²) < 4.78 is 10.9. The number of amides is 1. The Labute approximate surface area is 141 Å². The van der Waals surface area contributed by atoms with Crippen molar-refractivity contribution in [2.24, 2.45) is 0 Å². The van der Waals surface area contributed by atoms with Gasteiger partial charge >= 0.3 is 0 Å². The lowest BCUT2D eigenvalue weighted by atomic mass is 10.2. The molecular formula is C18H23N3O3. The average Bonchev–Trinajstić information content (AvgIpc) is 2.98. The summed E-state index contributed by atoms with van der Waals surface area (Å²) in [5, 5.41) is 2.88. The van der Waals surface area contributed by atoms with Crippen LogP contribution in [0, 0.1) is 6.92 Å². The van der Waals surface area contributed by atoms with Crippen molar-refractivity contribution in [2.75, 3.05) is 18.0 Å². The van der Waals surface area contributed by atoms with Crippen molar-refractivity contribution in [1.82, 2.24) is 10.3 Å². The monoisotopic (exact) mass is 329 g/mol. The molecule has 2 aromatic heterocycles. The number of aromatic nitrogens is 1. The Hall–Kier alpha value is -2.34. The summed E-state index contributed by atoms with van der Waals surface area (Å²) >= 11 is 0. The molecule has 6 nitrogen and oxygen atoms in total. The summed E-state index contributed by atoms with van der Waals surface area (Å²) in [5.74, 6) is 1.43. The highest BCUT2D eigenvalue weighted by Crippen LogP contribution is 2.18. The van der Waals surface area contributed by atoms with Crippen molar-refractivity contribution in [3.05, 3.63) is 47.5 Å². The molecule has 0 unspecified atom stereocenters. The first kappa shape index (κ1) is 16.5. The van der Waals surface area contributed by atoms with Gasteiger partial charge in [0.2, 0.25) is 0 Å². The topological polar surface area (TPSA) is 67.6 Å². The zero-order valence-corrected chi connectivity index (χ0v) is 14.3. The molecule has 0 saturated carbocycles. The van der Waals surface area contributed by atoms with E-state index in [1.54, 1.807) is 13.0 Å². The highest BCUT2D eigenvalue weighted by atomic mass is 16.5. The van der Waals surface area contributed by atoms with Crippen LogP contribution in [0.15, 0.2) is 35.1 Å². The SMILES string of the molecule is Cc1occc1C(=O)NCc1ccc(N2C[C@H](C)O[C@@H](C)C2)nc1. The minimum atomic E-state index is -0.138. The number of aryl methyl sites for hydroxylation is 1. The lowest BCUT2D eigenvalue weighted by Gasteiger charge is -2.36. The van der Waals surface area contributed by atoms with E-state index in [-0.39, 0.29) is 18.1 Å². The fraction of sp³-hybridized carbons (Fsp3) is 0.444. The number of pyridine rings is 1. The number of nitrogens with one attached hydrogen (secondary N) is 1. The summed E-state index contributed by atoms with van der Waals surface area (Å²) in [4.78, 5) is 18.8. The lowest BCUT2D eigenvalue weighted by molar-refractivity contribution is -0.00546. The van der Waals surface area contributed by atoms with E-state index in [1.165, 1.54) is 6.26 Å². The molecule has 1 saturated heterocycles. The molecule has 1 aliphatic rings. The molecule has 6 heteroatoms. The van der Waals surface area contributed by atoms with E-state index in [4.69, 9.17) is 9.15 Å². The highest BCUT2D eigenvalue weighted by Gasteiger charge is 2.23. The van der Waals surface area contributed by atoms with Crippen molar-refractivity contribution in [2.45, 2.75) is 39.5 Å². The Morgan fingerprint density at radius 2 is 2.04 bits per heavy atom. The number of ether oxygens (including phenoxy) is 1. The van der Waals surface area contributed by atoms with Crippen molar-refractivity contribution >= 4 is 11.7 Å². The molecule has 2 atom stereocenters. The third-order valence-electron chi connectivity index (χ3n) is 4.11. The van der Waals surface area contributed by atoms with E-state index in [2.05, 4.69) is 29.0 Å². The minimum Gasteiger partial charge on any atom is -0.469 e. The molecule has 2 aromatic rings. The van der Waals surface area contributed by atoms with Crippen LogP contribution in [-0.2, 0) is 11.3 Å². The predicted octanol–water partition coefficient (Wildman–Crippen LogP) is 2.53. The standard InChI is InChI=1S/C18H23N3O3/c1-12-10-21(11-13(2)24-12)17-5-4-15(8-19-17)9-20-18(22)16-6-7-23-14(16)3/h4-8,12-13H,9-11H2,1-3H3,(H,20,22)/t12-,13-/m0/s1. The van der Waals surface area contributed by atoms with Crippen molar-refractivity contribution < 1.29 is 13.9 Å². The minimum absolute atomic E-state index is 0.138. The maximum absolute atomic E-state index is 12.1. The van der Waals surface area contributed by atoms with Gasteiger partial charge in [0, 0.05) is 25.8 Å². The maximum atomic E-state index is 12.1. The third kappa shape index (κ3) is 3.76. The number of anilines is 1. The first-order valence-corrected chi connectivity index (χ1v) is 8.20. The van der Waals surface area contributed by atoms with Crippen LogP contribution in [-0.4, -0.2) is 36.2 Å².